The highest BCUT2D eigenvalue weighted by molar-refractivity contribution is 5.95. The number of phenolic OH excluding ortho intramolecular Hbond substituents is 3. The van der Waals surface area contributed by atoms with Crippen LogP contribution >= 0.6 is 0 Å². The summed E-state index contributed by atoms with van der Waals surface area (Å²) in [5, 5.41) is 61.9. The molecule has 0 aliphatic carbocycles. The summed E-state index contributed by atoms with van der Waals surface area (Å²) in [4.78, 5) is 27.7. The van der Waals surface area contributed by atoms with Crippen LogP contribution in [0.3, 0.4) is 0 Å². The number of esters is 1. The average molecular weight is 668 g/mol. The van der Waals surface area contributed by atoms with Crippen molar-refractivity contribution in [3.8, 4) is 23.0 Å². The number of aliphatic hydroxyl groups is 3. The van der Waals surface area contributed by atoms with Gasteiger partial charge in [-0.15, -0.1) is 6.58 Å². The first-order valence-electron chi connectivity index (χ1n) is 15.4. The van der Waals surface area contributed by atoms with E-state index in [1.54, 1.807) is 17.0 Å². The van der Waals surface area contributed by atoms with Gasteiger partial charge in [0.15, 0.2) is 29.3 Å². The molecule has 2 aromatic rings. The lowest BCUT2D eigenvalue weighted by Gasteiger charge is -2.48. The van der Waals surface area contributed by atoms with E-state index < -0.39 is 67.4 Å². The Kier molecular flexibility index (Phi) is 9.36. The second-order valence-electron chi connectivity index (χ2n) is 12.1. The van der Waals surface area contributed by atoms with Crippen LogP contribution in [0.4, 0.5) is 0 Å². The summed E-state index contributed by atoms with van der Waals surface area (Å²) in [6.45, 7) is 3.84. The van der Waals surface area contributed by atoms with Crippen LogP contribution in [-0.4, -0.2) is 105 Å². The second-order valence-corrected chi connectivity index (χ2v) is 12.1. The molecule has 0 aromatic heterocycles. The number of aliphatic hydroxyl groups excluding tert-OH is 3. The molecule has 6 N–H and O–H groups in total. The molecule has 4 aliphatic rings. The smallest absolute Gasteiger partial charge is 0.330 e. The van der Waals surface area contributed by atoms with E-state index in [-0.39, 0.29) is 28.9 Å². The van der Waals surface area contributed by atoms with Crippen molar-refractivity contribution < 1.29 is 63.9 Å². The zero-order valence-electron chi connectivity index (χ0n) is 25.9. The number of benzene rings is 2. The first kappa shape index (κ1) is 33.3. The minimum atomic E-state index is -1.73. The molecule has 48 heavy (non-hydrogen) atoms. The second kappa shape index (κ2) is 13.5. The first-order valence-corrected chi connectivity index (χ1v) is 15.4. The summed E-state index contributed by atoms with van der Waals surface area (Å²) < 4.78 is 27.8. The Labute approximate surface area is 275 Å². The predicted octanol–water partition coefficient (Wildman–Crippen LogP) is 1.38. The monoisotopic (exact) mass is 667 g/mol. The molecule has 2 aromatic carbocycles. The van der Waals surface area contributed by atoms with Gasteiger partial charge < -0.3 is 59.2 Å². The van der Waals surface area contributed by atoms with Crippen molar-refractivity contribution in [3.63, 3.8) is 0 Å². The minimum Gasteiger partial charge on any atom is -0.504 e. The number of amides is 1. The molecule has 2 fully saturated rings. The van der Waals surface area contributed by atoms with E-state index in [1.165, 1.54) is 43.7 Å². The SMILES string of the molecule is C=C[C@H]1[C@H](O[C@@H]2O[C@H](COC(=O)/C=C\c3ccc(O)c(OC)c3)[C@@H](O)[C@H](O)[C@H]2O)OC=C2C(=O)N3CCc4cc(O)c(O)cc4[C@H]3C[C@H]21. The molecule has 0 spiro atoms. The number of carbonyl (C=O) groups excluding carboxylic acids is 2. The Morgan fingerprint density at radius 2 is 1.81 bits per heavy atom. The third-order valence-corrected chi connectivity index (χ3v) is 9.30. The Morgan fingerprint density at radius 1 is 1.04 bits per heavy atom. The van der Waals surface area contributed by atoms with E-state index >= 15 is 0 Å². The number of rotatable bonds is 8. The van der Waals surface area contributed by atoms with Crippen molar-refractivity contribution in [1.82, 2.24) is 4.90 Å². The predicted molar refractivity (Wildman–Crippen MR) is 165 cm³/mol. The molecule has 4 aliphatic heterocycles. The van der Waals surface area contributed by atoms with Crippen LogP contribution in [0, 0.1) is 11.8 Å². The maximum absolute atomic E-state index is 13.6. The largest absolute Gasteiger partial charge is 0.504 e. The van der Waals surface area contributed by atoms with Crippen LogP contribution < -0.4 is 4.74 Å². The highest BCUT2D eigenvalue weighted by atomic mass is 16.8. The lowest BCUT2D eigenvalue weighted by Crippen LogP contribution is -2.60. The molecule has 2 saturated heterocycles. The topological polar surface area (TPSA) is 205 Å². The number of hydrogen-bond donors (Lipinski definition) is 6. The molecule has 1 amide bonds. The van der Waals surface area contributed by atoms with Crippen LogP contribution in [0.5, 0.6) is 23.0 Å². The third-order valence-electron chi connectivity index (χ3n) is 9.30. The van der Waals surface area contributed by atoms with Gasteiger partial charge >= 0.3 is 5.97 Å². The van der Waals surface area contributed by atoms with Crippen molar-refractivity contribution in [1.29, 1.82) is 0 Å². The molecule has 14 nitrogen and oxygen atoms in total. The average Bonchev–Trinajstić information content (AvgIpc) is 3.08. The molecule has 4 heterocycles. The summed E-state index contributed by atoms with van der Waals surface area (Å²) in [5.74, 6) is -2.45. The number of piperidine rings is 1. The van der Waals surface area contributed by atoms with E-state index in [2.05, 4.69) is 6.58 Å². The number of carbonyl (C=O) groups is 2. The Balaban J connectivity index is 1.13. The van der Waals surface area contributed by atoms with Gasteiger partial charge in [0.1, 0.15) is 31.0 Å². The molecule has 0 radical (unpaired) electrons. The first-order chi connectivity index (χ1) is 23.0. The van der Waals surface area contributed by atoms with Gasteiger partial charge in [0.25, 0.3) is 5.91 Å². The minimum absolute atomic E-state index is 0.0652. The van der Waals surface area contributed by atoms with Gasteiger partial charge in [-0.05, 0) is 59.9 Å². The molecule has 256 valence electrons. The van der Waals surface area contributed by atoms with Gasteiger partial charge in [0.2, 0.25) is 6.29 Å². The number of aromatic hydroxyl groups is 3. The van der Waals surface area contributed by atoms with Crippen molar-refractivity contribution in [2.75, 3.05) is 20.3 Å². The van der Waals surface area contributed by atoms with Crippen LogP contribution in [0.15, 0.2) is 60.9 Å². The molecule has 14 heteroatoms. The van der Waals surface area contributed by atoms with Gasteiger partial charge in [0, 0.05) is 24.5 Å². The van der Waals surface area contributed by atoms with Crippen molar-refractivity contribution >= 4 is 18.0 Å². The molecule has 0 bridgehead atoms. The molecule has 9 atom stereocenters. The standard InChI is InChI=1S/C34H37NO13/c1-3-18-20-12-22-19-13-25(38)24(37)11-17(19)8-9-35(22)32(43)21(20)14-46-33(18)48-34-31(42)30(41)29(40)27(47-34)15-45-28(39)7-5-16-4-6-23(36)26(10-16)44-2/h3-7,10-11,13-14,18,20,22,27,29-31,33-34,36-38,40-42H,1,8-9,12,15H2,2H3/b7-5-/t18-,20+,22-,27-,29-,30+,31-,33+,34+/m1/s1. The number of ether oxygens (including phenoxy) is 5. The molecule has 6 rings (SSSR count). The summed E-state index contributed by atoms with van der Waals surface area (Å²) >= 11 is 0. The van der Waals surface area contributed by atoms with Crippen LogP contribution in [-0.2, 0) is 35.0 Å². The number of fused-ring (bicyclic) bond motifs is 4. The Morgan fingerprint density at radius 3 is 2.56 bits per heavy atom. The number of nitrogens with zero attached hydrogens (tertiary/aromatic N) is 1. The van der Waals surface area contributed by atoms with E-state index in [4.69, 9.17) is 23.7 Å². The van der Waals surface area contributed by atoms with Crippen LogP contribution in [0.1, 0.15) is 29.2 Å². The van der Waals surface area contributed by atoms with Gasteiger partial charge in [0.05, 0.1) is 25.0 Å². The normalized spacial score (nSPS) is 31.2. The number of phenols is 3. The maximum Gasteiger partial charge on any atom is 0.330 e. The summed E-state index contributed by atoms with van der Waals surface area (Å²) in [7, 11) is 1.39. The molecular formula is C34H37NO13. The van der Waals surface area contributed by atoms with Gasteiger partial charge in [-0.25, -0.2) is 4.79 Å². The Bertz CT molecular complexity index is 1640. The summed E-state index contributed by atoms with van der Waals surface area (Å²) in [6.07, 6.45) is -2.64. The zero-order valence-corrected chi connectivity index (χ0v) is 25.9. The van der Waals surface area contributed by atoms with E-state index in [0.29, 0.717) is 30.5 Å². The molecule has 0 saturated carbocycles. The number of hydrogen-bond acceptors (Lipinski definition) is 13. The fraction of sp³-hybridized carbons (Fsp3) is 0.412. The molecular weight excluding hydrogens is 630 g/mol. The van der Waals surface area contributed by atoms with Crippen LogP contribution in [0.2, 0.25) is 0 Å². The lowest BCUT2D eigenvalue weighted by molar-refractivity contribution is -0.339. The van der Waals surface area contributed by atoms with Crippen molar-refractivity contribution in [2.45, 2.75) is 55.9 Å². The quantitative estimate of drug-likeness (QED) is 0.102. The Hall–Kier alpha value is -4.60. The highest BCUT2D eigenvalue weighted by Crippen LogP contribution is 2.49. The maximum atomic E-state index is 13.6. The van der Waals surface area contributed by atoms with Gasteiger partial charge in [-0.1, -0.05) is 12.1 Å². The van der Waals surface area contributed by atoms with Gasteiger partial charge in [-0.3, -0.25) is 4.79 Å². The highest BCUT2D eigenvalue weighted by Gasteiger charge is 2.51. The van der Waals surface area contributed by atoms with Crippen molar-refractivity contribution in [2.24, 2.45) is 11.8 Å². The van der Waals surface area contributed by atoms with Gasteiger partial charge in [-0.2, -0.15) is 0 Å². The van der Waals surface area contributed by atoms with E-state index in [0.717, 1.165) is 17.2 Å². The summed E-state index contributed by atoms with van der Waals surface area (Å²) in [6, 6.07) is 7.07. The third kappa shape index (κ3) is 6.20. The lowest BCUT2D eigenvalue weighted by atomic mass is 9.73. The van der Waals surface area contributed by atoms with Crippen molar-refractivity contribution in [3.05, 3.63) is 77.6 Å². The zero-order chi connectivity index (χ0) is 34.3. The van der Waals surface area contributed by atoms with E-state index in [1.807, 2.05) is 0 Å². The fourth-order valence-electron chi connectivity index (χ4n) is 6.71. The fourth-order valence-corrected chi connectivity index (χ4v) is 6.71. The van der Waals surface area contributed by atoms with E-state index in [9.17, 15) is 40.2 Å². The summed E-state index contributed by atoms with van der Waals surface area (Å²) in [5.41, 5.74) is 2.51. The van der Waals surface area contributed by atoms with Crippen LogP contribution in [0.25, 0.3) is 6.08 Å². The molecule has 0 unspecified atom stereocenters. The number of methoxy groups -OCH3 is 1.